The van der Waals surface area contributed by atoms with E-state index in [0.29, 0.717) is 36.4 Å². The molecule has 3 aliphatic rings. The third-order valence-electron chi connectivity index (χ3n) is 6.49. The number of hydrogen-bond acceptors (Lipinski definition) is 3. The van der Waals surface area contributed by atoms with Crippen LogP contribution in [0.5, 0.6) is 0 Å². The van der Waals surface area contributed by atoms with Crippen molar-refractivity contribution in [2.75, 3.05) is 0 Å². The van der Waals surface area contributed by atoms with Crippen molar-refractivity contribution in [3.63, 3.8) is 0 Å². The second-order valence-electron chi connectivity index (χ2n) is 8.30. The molecule has 146 valence electrons. The van der Waals surface area contributed by atoms with Gasteiger partial charge >= 0.3 is 5.97 Å². The summed E-state index contributed by atoms with van der Waals surface area (Å²) in [5.74, 6) is 0.628. The number of carboxylic acid groups (broad SMARTS) is 1. The molecule has 0 amide bonds. The predicted octanol–water partition coefficient (Wildman–Crippen LogP) is 4.48. The van der Waals surface area contributed by atoms with Gasteiger partial charge < -0.3 is 14.9 Å². The number of aliphatic carboxylic acids is 1. The van der Waals surface area contributed by atoms with Crippen molar-refractivity contribution in [3.05, 3.63) is 24.3 Å². The topological polar surface area (TPSA) is 66.8 Å². The van der Waals surface area contributed by atoms with Crippen LogP contribution in [-0.2, 0) is 9.53 Å². The fourth-order valence-corrected chi connectivity index (χ4v) is 5.00. The maximum Gasteiger partial charge on any atom is 0.303 e. The molecular formula is C22H34O4. The van der Waals surface area contributed by atoms with Crippen LogP contribution in [0.3, 0.4) is 0 Å². The van der Waals surface area contributed by atoms with Gasteiger partial charge in [0.15, 0.2) is 0 Å². The van der Waals surface area contributed by atoms with Gasteiger partial charge in [0.1, 0.15) is 0 Å². The standard InChI is InChI=1S/C22H34O4/c23-19(16-8-4-3-5-9-16)13-12-18-17(20-14-15-21(18)26-20)10-6-1-2-7-11-22(24)25/h1,6,12-13,16-21,23H,2-5,7-11,14-15H2,(H,24,25)/b6-1+,13-12+. The highest BCUT2D eigenvalue weighted by atomic mass is 16.5. The zero-order valence-corrected chi connectivity index (χ0v) is 15.8. The summed E-state index contributed by atoms with van der Waals surface area (Å²) in [6, 6.07) is 0. The van der Waals surface area contributed by atoms with E-state index in [9.17, 15) is 9.90 Å². The van der Waals surface area contributed by atoms with Gasteiger partial charge in [0.25, 0.3) is 0 Å². The van der Waals surface area contributed by atoms with Crippen LogP contribution in [0.4, 0.5) is 0 Å². The molecule has 2 bridgehead atoms. The molecular weight excluding hydrogens is 328 g/mol. The Bertz CT molecular complexity index is 506. The molecule has 0 radical (unpaired) electrons. The van der Waals surface area contributed by atoms with Gasteiger partial charge in [-0.3, -0.25) is 4.79 Å². The third-order valence-corrected chi connectivity index (χ3v) is 6.49. The molecule has 0 aromatic carbocycles. The molecule has 5 unspecified atom stereocenters. The Morgan fingerprint density at radius 1 is 1.08 bits per heavy atom. The van der Waals surface area contributed by atoms with E-state index in [4.69, 9.17) is 9.84 Å². The minimum atomic E-state index is -0.721. The van der Waals surface area contributed by atoms with E-state index < -0.39 is 5.97 Å². The Hall–Kier alpha value is -1.13. The predicted molar refractivity (Wildman–Crippen MR) is 102 cm³/mol. The monoisotopic (exact) mass is 362 g/mol. The number of rotatable bonds is 9. The number of carbonyl (C=O) groups is 1. The summed E-state index contributed by atoms with van der Waals surface area (Å²) < 4.78 is 6.14. The van der Waals surface area contributed by atoms with Crippen molar-refractivity contribution < 1.29 is 19.7 Å². The van der Waals surface area contributed by atoms with Crippen molar-refractivity contribution in [2.45, 2.75) is 88.9 Å². The van der Waals surface area contributed by atoms with E-state index in [1.54, 1.807) is 0 Å². The summed E-state index contributed by atoms with van der Waals surface area (Å²) in [5.41, 5.74) is 0. The molecule has 2 aliphatic heterocycles. The lowest BCUT2D eigenvalue weighted by molar-refractivity contribution is -0.137. The number of hydrogen-bond donors (Lipinski definition) is 2. The molecule has 2 N–H and O–H groups in total. The molecule has 3 rings (SSSR count). The number of allylic oxidation sites excluding steroid dienone is 2. The van der Waals surface area contributed by atoms with Gasteiger partial charge in [-0.15, -0.1) is 0 Å². The Balaban J connectivity index is 1.49. The average Bonchev–Trinajstić information content (AvgIpc) is 3.24. The van der Waals surface area contributed by atoms with Gasteiger partial charge in [0.2, 0.25) is 0 Å². The van der Waals surface area contributed by atoms with Gasteiger partial charge in [-0.1, -0.05) is 43.6 Å². The van der Waals surface area contributed by atoms with Gasteiger partial charge in [0, 0.05) is 12.3 Å². The summed E-state index contributed by atoms with van der Waals surface area (Å²) in [6.45, 7) is 0. The third kappa shape index (κ3) is 5.20. The molecule has 26 heavy (non-hydrogen) atoms. The van der Waals surface area contributed by atoms with Crippen LogP contribution in [0.1, 0.15) is 70.6 Å². The summed E-state index contributed by atoms with van der Waals surface area (Å²) >= 11 is 0. The van der Waals surface area contributed by atoms with Crippen LogP contribution in [0.25, 0.3) is 0 Å². The number of unbranched alkanes of at least 4 members (excludes halogenated alkanes) is 1. The molecule has 2 heterocycles. The van der Waals surface area contributed by atoms with Gasteiger partial charge in [0.05, 0.1) is 18.3 Å². The van der Waals surface area contributed by atoms with E-state index in [1.165, 1.54) is 19.3 Å². The van der Waals surface area contributed by atoms with Crippen LogP contribution < -0.4 is 0 Å². The van der Waals surface area contributed by atoms with Crippen LogP contribution in [0.2, 0.25) is 0 Å². The van der Waals surface area contributed by atoms with Crippen LogP contribution in [-0.4, -0.2) is 34.5 Å². The summed E-state index contributed by atoms with van der Waals surface area (Å²) in [6.07, 6.45) is 20.2. The molecule has 5 atom stereocenters. The normalized spacial score (nSPS) is 33.4. The van der Waals surface area contributed by atoms with Gasteiger partial charge in [-0.2, -0.15) is 0 Å². The van der Waals surface area contributed by atoms with E-state index in [2.05, 4.69) is 18.2 Å². The number of aliphatic hydroxyl groups is 1. The number of ether oxygens (including phenoxy) is 1. The first-order chi connectivity index (χ1) is 12.6. The molecule has 4 nitrogen and oxygen atoms in total. The van der Waals surface area contributed by atoms with E-state index in [1.807, 2.05) is 6.08 Å². The summed E-state index contributed by atoms with van der Waals surface area (Å²) in [4.78, 5) is 10.5. The second kappa shape index (κ2) is 9.70. The number of aliphatic hydroxyl groups excluding tert-OH is 1. The fraction of sp³-hybridized carbons (Fsp3) is 0.773. The lowest BCUT2D eigenvalue weighted by Crippen LogP contribution is -2.26. The first-order valence-electron chi connectivity index (χ1n) is 10.5. The Labute approximate surface area is 157 Å². The van der Waals surface area contributed by atoms with Crippen molar-refractivity contribution in [2.24, 2.45) is 17.8 Å². The average molecular weight is 363 g/mol. The quantitative estimate of drug-likeness (QED) is 0.469. The minimum absolute atomic E-state index is 0.242. The molecule has 0 spiro atoms. The van der Waals surface area contributed by atoms with Gasteiger partial charge in [-0.05, 0) is 56.8 Å². The Morgan fingerprint density at radius 2 is 1.85 bits per heavy atom. The zero-order chi connectivity index (χ0) is 18.4. The molecule has 1 aliphatic carbocycles. The summed E-state index contributed by atoms with van der Waals surface area (Å²) in [7, 11) is 0. The number of fused-ring (bicyclic) bond motifs is 2. The van der Waals surface area contributed by atoms with E-state index in [-0.39, 0.29) is 12.5 Å². The molecule has 2 saturated heterocycles. The highest BCUT2D eigenvalue weighted by Gasteiger charge is 2.46. The number of carboxylic acids is 1. The molecule has 1 saturated carbocycles. The first kappa shape index (κ1) is 19.6. The maximum absolute atomic E-state index is 10.5. The maximum atomic E-state index is 10.5. The smallest absolute Gasteiger partial charge is 0.303 e. The van der Waals surface area contributed by atoms with Crippen molar-refractivity contribution >= 4 is 5.97 Å². The zero-order valence-electron chi connectivity index (χ0n) is 15.8. The molecule has 0 aromatic heterocycles. The Morgan fingerprint density at radius 3 is 2.62 bits per heavy atom. The minimum Gasteiger partial charge on any atom is -0.481 e. The SMILES string of the molecule is O=C(O)CCC/C=C/CC1C2CCC(O2)C1/C=C/C(O)C1CCCCC1. The molecule has 0 aromatic rings. The van der Waals surface area contributed by atoms with Crippen molar-refractivity contribution in [1.82, 2.24) is 0 Å². The van der Waals surface area contributed by atoms with Crippen LogP contribution >= 0.6 is 0 Å². The van der Waals surface area contributed by atoms with E-state index >= 15 is 0 Å². The second-order valence-corrected chi connectivity index (χ2v) is 8.30. The lowest BCUT2D eigenvalue weighted by atomic mass is 9.76. The lowest BCUT2D eigenvalue weighted by Gasteiger charge is -2.27. The van der Waals surface area contributed by atoms with Crippen molar-refractivity contribution in [1.29, 1.82) is 0 Å². The molecule has 4 heteroatoms. The first-order valence-corrected chi connectivity index (χ1v) is 10.5. The molecule has 3 fully saturated rings. The highest BCUT2D eigenvalue weighted by Crippen LogP contribution is 2.46. The van der Waals surface area contributed by atoms with Crippen LogP contribution in [0.15, 0.2) is 24.3 Å². The largest absolute Gasteiger partial charge is 0.481 e. The summed E-state index contributed by atoms with van der Waals surface area (Å²) in [5, 5.41) is 19.2. The van der Waals surface area contributed by atoms with E-state index in [0.717, 1.165) is 38.5 Å². The van der Waals surface area contributed by atoms with Gasteiger partial charge in [-0.25, -0.2) is 0 Å². The fourth-order valence-electron chi connectivity index (χ4n) is 5.00. The Kier molecular flexibility index (Phi) is 7.32. The van der Waals surface area contributed by atoms with Crippen LogP contribution in [0, 0.1) is 17.8 Å². The van der Waals surface area contributed by atoms with Crippen molar-refractivity contribution in [3.8, 4) is 0 Å². The highest BCUT2D eigenvalue weighted by molar-refractivity contribution is 5.66.